The molecule has 1 saturated carbocycles. The topological polar surface area (TPSA) is 32.3 Å². The summed E-state index contributed by atoms with van der Waals surface area (Å²) in [6.45, 7) is 7.52. The van der Waals surface area contributed by atoms with Crippen LogP contribution in [0.2, 0.25) is 0 Å². The zero-order valence-corrected chi connectivity index (χ0v) is 10.8. The molecule has 1 saturated heterocycles. The highest BCUT2D eigenvalue weighted by atomic mass is 16.2. The van der Waals surface area contributed by atoms with Crippen molar-refractivity contribution in [2.45, 2.75) is 65.1 Å². The van der Waals surface area contributed by atoms with E-state index >= 15 is 0 Å². The molecule has 3 nitrogen and oxygen atoms in total. The van der Waals surface area contributed by atoms with Gasteiger partial charge in [-0.3, -0.25) is 10.1 Å². The van der Waals surface area contributed by atoms with Crippen LogP contribution in [0.25, 0.3) is 0 Å². The normalized spacial score (nSPS) is 32.2. The van der Waals surface area contributed by atoms with Crippen molar-refractivity contribution in [3.8, 4) is 0 Å². The van der Waals surface area contributed by atoms with Gasteiger partial charge in [0.15, 0.2) is 0 Å². The average molecular weight is 224 g/mol. The Morgan fingerprint density at radius 3 is 2.62 bits per heavy atom. The summed E-state index contributed by atoms with van der Waals surface area (Å²) < 4.78 is 0. The van der Waals surface area contributed by atoms with Gasteiger partial charge in [-0.25, -0.2) is 0 Å². The summed E-state index contributed by atoms with van der Waals surface area (Å²) in [5.41, 5.74) is 0.423. The number of carbonyl (C=O) groups is 1. The minimum Gasteiger partial charge on any atom is -0.325 e. The lowest BCUT2D eigenvalue weighted by atomic mass is 10.1. The van der Waals surface area contributed by atoms with Gasteiger partial charge in [0.1, 0.15) is 0 Å². The highest BCUT2D eigenvalue weighted by Crippen LogP contribution is 2.46. The number of hydrogen-bond donors (Lipinski definition) is 1. The Hall–Kier alpha value is -0.570. The van der Waals surface area contributed by atoms with Crippen LogP contribution in [0, 0.1) is 5.41 Å². The van der Waals surface area contributed by atoms with E-state index in [1.807, 2.05) is 0 Å². The van der Waals surface area contributed by atoms with Gasteiger partial charge in [0.05, 0.1) is 12.2 Å². The van der Waals surface area contributed by atoms with E-state index in [9.17, 15) is 4.79 Å². The molecule has 2 unspecified atom stereocenters. The zero-order valence-electron chi connectivity index (χ0n) is 10.8. The van der Waals surface area contributed by atoms with Crippen LogP contribution in [0.15, 0.2) is 0 Å². The largest absolute Gasteiger partial charge is 0.325 e. The Labute approximate surface area is 98.6 Å². The zero-order chi connectivity index (χ0) is 11.8. The highest BCUT2D eigenvalue weighted by Gasteiger charge is 2.45. The number of hydrogen-bond acceptors (Lipinski definition) is 2. The molecule has 92 valence electrons. The lowest BCUT2D eigenvalue weighted by molar-refractivity contribution is -0.130. The molecule has 1 N–H and O–H groups in total. The molecule has 1 aliphatic carbocycles. The quantitative estimate of drug-likeness (QED) is 0.776. The van der Waals surface area contributed by atoms with Crippen molar-refractivity contribution in [2.75, 3.05) is 6.54 Å². The molecule has 2 aliphatic rings. The van der Waals surface area contributed by atoms with Crippen LogP contribution >= 0.6 is 0 Å². The average Bonchev–Trinajstić information content (AvgIpc) is 2.91. The molecular formula is C13H24N2O. The van der Waals surface area contributed by atoms with Gasteiger partial charge in [0.2, 0.25) is 5.91 Å². The number of carbonyl (C=O) groups excluding carboxylic acids is 1. The van der Waals surface area contributed by atoms with Gasteiger partial charge in [0.25, 0.3) is 0 Å². The van der Waals surface area contributed by atoms with E-state index in [0.717, 1.165) is 25.8 Å². The minimum atomic E-state index is 0.0684. The molecular weight excluding hydrogens is 200 g/mol. The highest BCUT2D eigenvalue weighted by molar-refractivity contribution is 5.84. The summed E-state index contributed by atoms with van der Waals surface area (Å²) in [5.74, 6) is 0.328. The van der Waals surface area contributed by atoms with Crippen molar-refractivity contribution in [3.05, 3.63) is 0 Å². The summed E-state index contributed by atoms with van der Waals surface area (Å²) in [7, 11) is 0. The van der Waals surface area contributed by atoms with Crippen LogP contribution in [0.3, 0.4) is 0 Å². The van der Waals surface area contributed by atoms with Crippen LogP contribution in [-0.2, 0) is 4.79 Å². The second-order valence-corrected chi connectivity index (χ2v) is 5.71. The van der Waals surface area contributed by atoms with Crippen molar-refractivity contribution in [2.24, 2.45) is 5.41 Å². The second-order valence-electron chi connectivity index (χ2n) is 5.71. The lowest BCUT2D eigenvalue weighted by Crippen LogP contribution is -2.40. The van der Waals surface area contributed by atoms with Gasteiger partial charge >= 0.3 is 0 Å². The number of rotatable bonds is 5. The molecule has 2 rings (SSSR count). The fourth-order valence-corrected chi connectivity index (χ4v) is 2.52. The van der Waals surface area contributed by atoms with Crippen molar-refractivity contribution < 1.29 is 4.79 Å². The Morgan fingerprint density at radius 2 is 2.12 bits per heavy atom. The standard InChI is InChI=1S/C13H24N2O/c1-4-6-11-14-10(5-2)12(16)15(11)9-13(3)7-8-13/h10-11,14H,4-9H2,1-3H3. The molecule has 0 aromatic rings. The molecule has 0 bridgehead atoms. The molecule has 0 aromatic carbocycles. The Balaban J connectivity index is 2.02. The SMILES string of the molecule is CCCC1NC(CC)C(=O)N1CC1(C)CC1. The number of nitrogens with one attached hydrogen (secondary N) is 1. The first-order chi connectivity index (χ1) is 7.59. The maximum Gasteiger partial charge on any atom is 0.241 e. The third-order valence-corrected chi connectivity index (χ3v) is 3.98. The van der Waals surface area contributed by atoms with Gasteiger partial charge < -0.3 is 4.90 Å². The van der Waals surface area contributed by atoms with Crippen LogP contribution in [0.4, 0.5) is 0 Å². The lowest BCUT2D eigenvalue weighted by Gasteiger charge is -2.26. The smallest absolute Gasteiger partial charge is 0.241 e. The molecule has 0 spiro atoms. The summed E-state index contributed by atoms with van der Waals surface area (Å²) in [4.78, 5) is 14.3. The van der Waals surface area contributed by atoms with E-state index in [2.05, 4.69) is 31.0 Å². The summed E-state index contributed by atoms with van der Waals surface area (Å²) in [5, 5.41) is 3.47. The third-order valence-electron chi connectivity index (χ3n) is 3.98. The monoisotopic (exact) mass is 224 g/mol. The Morgan fingerprint density at radius 1 is 1.44 bits per heavy atom. The molecule has 1 aliphatic heterocycles. The van der Waals surface area contributed by atoms with Crippen molar-refractivity contribution in [1.82, 2.24) is 10.2 Å². The van der Waals surface area contributed by atoms with Crippen molar-refractivity contribution in [3.63, 3.8) is 0 Å². The summed E-state index contributed by atoms with van der Waals surface area (Å²) in [6.07, 6.45) is 5.98. The molecule has 2 fully saturated rings. The van der Waals surface area contributed by atoms with E-state index in [0.29, 0.717) is 17.5 Å². The Kier molecular flexibility index (Phi) is 3.24. The van der Waals surface area contributed by atoms with Gasteiger partial charge in [-0.2, -0.15) is 0 Å². The van der Waals surface area contributed by atoms with E-state index in [1.165, 1.54) is 12.8 Å². The molecule has 0 aromatic heterocycles. The predicted molar refractivity (Wildman–Crippen MR) is 65.0 cm³/mol. The maximum atomic E-state index is 12.2. The van der Waals surface area contributed by atoms with Gasteiger partial charge in [-0.1, -0.05) is 27.2 Å². The molecule has 2 atom stereocenters. The maximum absolute atomic E-state index is 12.2. The molecule has 16 heavy (non-hydrogen) atoms. The third kappa shape index (κ3) is 2.24. The molecule has 3 heteroatoms. The summed E-state index contributed by atoms with van der Waals surface area (Å²) in [6, 6.07) is 0.0684. The van der Waals surface area contributed by atoms with Gasteiger partial charge in [-0.15, -0.1) is 0 Å². The fraction of sp³-hybridized carbons (Fsp3) is 0.923. The van der Waals surface area contributed by atoms with E-state index < -0.39 is 0 Å². The number of nitrogens with zero attached hydrogens (tertiary/aromatic N) is 1. The fourth-order valence-electron chi connectivity index (χ4n) is 2.52. The van der Waals surface area contributed by atoms with Gasteiger partial charge in [0, 0.05) is 6.54 Å². The van der Waals surface area contributed by atoms with E-state index in [4.69, 9.17) is 0 Å². The van der Waals surface area contributed by atoms with Crippen LogP contribution in [0.5, 0.6) is 0 Å². The minimum absolute atomic E-state index is 0.0684. The van der Waals surface area contributed by atoms with Crippen molar-refractivity contribution >= 4 is 5.91 Å². The first-order valence-electron chi connectivity index (χ1n) is 6.66. The molecule has 1 heterocycles. The molecule has 1 amide bonds. The van der Waals surface area contributed by atoms with Gasteiger partial charge in [-0.05, 0) is 31.1 Å². The summed E-state index contributed by atoms with van der Waals surface area (Å²) >= 11 is 0. The van der Waals surface area contributed by atoms with Crippen LogP contribution in [0.1, 0.15) is 52.9 Å². The Bertz CT molecular complexity index is 273. The predicted octanol–water partition coefficient (Wildman–Crippen LogP) is 2.12. The van der Waals surface area contributed by atoms with E-state index in [1.54, 1.807) is 0 Å². The number of amides is 1. The first kappa shape index (κ1) is 11.9. The first-order valence-corrected chi connectivity index (χ1v) is 6.66. The van der Waals surface area contributed by atoms with Crippen LogP contribution in [-0.4, -0.2) is 29.6 Å². The van der Waals surface area contributed by atoms with Crippen LogP contribution < -0.4 is 5.32 Å². The van der Waals surface area contributed by atoms with E-state index in [-0.39, 0.29) is 6.04 Å². The molecule has 0 radical (unpaired) electrons. The second kappa shape index (κ2) is 4.36. The van der Waals surface area contributed by atoms with Crippen molar-refractivity contribution in [1.29, 1.82) is 0 Å².